The van der Waals surface area contributed by atoms with Gasteiger partial charge in [0.05, 0.1) is 22.2 Å². The zero-order valence-electron chi connectivity index (χ0n) is 29.7. The number of aromatic nitrogens is 3. The van der Waals surface area contributed by atoms with Gasteiger partial charge in [0.15, 0.2) is 5.82 Å². The largest absolute Gasteiger partial charge is 0.309 e. The standard InChI is InChI=1S/C52H31N3/c1-2-15-33(16-3-1)50-43-24-12-13-25-45(43)53-52(54-50)35-27-29-46-44(31-35)49-48-40-21-9-7-19-38(40)37-18-6-8-20-39(37)47(48)41-22-10-11-23-42(41)51(49)55(46)36-28-26-32-14-4-5-17-34(32)30-36/h1-31H. The lowest BCUT2D eigenvalue weighted by atomic mass is 9.88. The maximum absolute atomic E-state index is 5.31. The summed E-state index contributed by atoms with van der Waals surface area (Å²) in [5, 5.41) is 16.0. The number of rotatable bonds is 3. The van der Waals surface area contributed by atoms with Gasteiger partial charge in [-0.15, -0.1) is 0 Å². The van der Waals surface area contributed by atoms with Gasteiger partial charge in [-0.25, -0.2) is 9.97 Å². The summed E-state index contributed by atoms with van der Waals surface area (Å²) in [4.78, 5) is 10.5. The van der Waals surface area contributed by atoms with Gasteiger partial charge in [0.2, 0.25) is 0 Å². The van der Waals surface area contributed by atoms with Gasteiger partial charge >= 0.3 is 0 Å². The Hall–Kier alpha value is -7.36. The molecule has 0 saturated carbocycles. The maximum Gasteiger partial charge on any atom is 0.160 e. The van der Waals surface area contributed by atoms with E-state index < -0.39 is 0 Å². The minimum atomic E-state index is 0.714. The first-order chi connectivity index (χ1) is 27.3. The van der Waals surface area contributed by atoms with E-state index in [1.54, 1.807) is 0 Å². The second kappa shape index (κ2) is 11.6. The molecule has 0 bridgehead atoms. The van der Waals surface area contributed by atoms with Gasteiger partial charge in [-0.2, -0.15) is 0 Å². The molecule has 254 valence electrons. The molecule has 0 fully saturated rings. The third kappa shape index (κ3) is 4.38. The summed E-state index contributed by atoms with van der Waals surface area (Å²) in [7, 11) is 0. The molecule has 0 amide bonds. The number of hydrogen-bond acceptors (Lipinski definition) is 2. The molecular formula is C52H31N3. The lowest BCUT2D eigenvalue weighted by molar-refractivity contribution is 1.19. The highest BCUT2D eigenvalue weighted by Gasteiger charge is 2.23. The molecule has 3 nitrogen and oxygen atoms in total. The Morgan fingerprint density at radius 2 is 0.945 bits per heavy atom. The van der Waals surface area contributed by atoms with Crippen molar-refractivity contribution in [1.29, 1.82) is 0 Å². The maximum atomic E-state index is 5.31. The van der Waals surface area contributed by atoms with Gasteiger partial charge in [-0.3, -0.25) is 0 Å². The number of fused-ring (bicyclic) bond motifs is 15. The summed E-state index contributed by atoms with van der Waals surface area (Å²) in [6.45, 7) is 0. The Morgan fingerprint density at radius 1 is 0.345 bits per heavy atom. The average Bonchev–Trinajstić information content (AvgIpc) is 3.60. The fraction of sp³-hybridized carbons (Fsp3) is 0. The van der Waals surface area contributed by atoms with E-state index in [9.17, 15) is 0 Å². The minimum absolute atomic E-state index is 0.714. The van der Waals surface area contributed by atoms with Gasteiger partial charge in [-0.05, 0) is 79.5 Å². The van der Waals surface area contributed by atoms with Crippen LogP contribution in [-0.2, 0) is 0 Å². The van der Waals surface area contributed by atoms with Crippen LogP contribution in [0.2, 0.25) is 0 Å². The molecule has 55 heavy (non-hydrogen) atoms. The van der Waals surface area contributed by atoms with Gasteiger partial charge in [0, 0.05) is 43.7 Å². The van der Waals surface area contributed by atoms with Crippen molar-refractivity contribution < 1.29 is 0 Å². The Kier molecular flexibility index (Phi) is 6.34. The fourth-order valence-electron chi connectivity index (χ4n) is 9.13. The predicted octanol–water partition coefficient (Wildman–Crippen LogP) is 13.8. The van der Waals surface area contributed by atoms with Crippen molar-refractivity contribution in [2.45, 2.75) is 0 Å². The van der Waals surface area contributed by atoms with E-state index in [0.717, 1.165) is 38.9 Å². The average molecular weight is 698 g/mol. The summed E-state index contributed by atoms with van der Waals surface area (Å²) in [5.74, 6) is 0.714. The van der Waals surface area contributed by atoms with E-state index in [1.807, 2.05) is 6.07 Å². The van der Waals surface area contributed by atoms with Crippen LogP contribution in [0.25, 0.3) is 115 Å². The first-order valence-corrected chi connectivity index (χ1v) is 18.8. The predicted molar refractivity (Wildman–Crippen MR) is 232 cm³/mol. The molecule has 0 aliphatic heterocycles. The molecule has 10 aromatic carbocycles. The molecule has 0 atom stereocenters. The first-order valence-electron chi connectivity index (χ1n) is 18.8. The van der Waals surface area contributed by atoms with E-state index in [-0.39, 0.29) is 0 Å². The molecule has 2 heterocycles. The molecule has 12 aromatic rings. The van der Waals surface area contributed by atoms with Crippen molar-refractivity contribution >= 4 is 86.6 Å². The first kappa shape index (κ1) is 30.1. The second-order valence-corrected chi connectivity index (χ2v) is 14.5. The van der Waals surface area contributed by atoms with E-state index in [1.165, 1.54) is 70.2 Å². The Morgan fingerprint density at radius 3 is 1.71 bits per heavy atom. The lowest BCUT2D eigenvalue weighted by Gasteiger charge is -2.16. The SMILES string of the molecule is c1ccc(-c2nc(-c3ccc4c(c3)c3c5c6ccccc6c6ccccc6c5c5ccccc5c3n4-c3ccc4ccccc4c3)nc3ccccc23)cc1. The number of benzene rings is 10. The zero-order chi connectivity index (χ0) is 36.0. The van der Waals surface area contributed by atoms with E-state index in [2.05, 4.69) is 187 Å². The molecule has 0 N–H and O–H groups in total. The van der Waals surface area contributed by atoms with Crippen molar-refractivity contribution in [3.63, 3.8) is 0 Å². The van der Waals surface area contributed by atoms with Gasteiger partial charge in [0.1, 0.15) is 0 Å². The quantitative estimate of drug-likeness (QED) is 0.172. The van der Waals surface area contributed by atoms with Crippen molar-refractivity contribution in [1.82, 2.24) is 14.5 Å². The molecule has 0 aliphatic carbocycles. The Bertz CT molecular complexity index is 3540. The third-order valence-corrected chi connectivity index (χ3v) is 11.5. The molecule has 0 saturated heterocycles. The summed E-state index contributed by atoms with van der Waals surface area (Å²) in [6.07, 6.45) is 0. The normalized spacial score (nSPS) is 12.0. The van der Waals surface area contributed by atoms with Crippen LogP contribution in [0, 0.1) is 0 Å². The molecule has 12 rings (SSSR count). The number of hydrogen-bond donors (Lipinski definition) is 0. The van der Waals surface area contributed by atoms with Crippen molar-refractivity contribution in [2.75, 3.05) is 0 Å². The zero-order valence-corrected chi connectivity index (χ0v) is 29.7. The molecular weight excluding hydrogens is 667 g/mol. The van der Waals surface area contributed by atoms with E-state index in [4.69, 9.17) is 9.97 Å². The van der Waals surface area contributed by atoms with Crippen molar-refractivity contribution in [3.05, 3.63) is 188 Å². The number of para-hydroxylation sites is 1. The summed E-state index contributed by atoms with van der Waals surface area (Å²) >= 11 is 0. The van der Waals surface area contributed by atoms with Gasteiger partial charge in [-0.1, -0.05) is 152 Å². The van der Waals surface area contributed by atoms with Crippen LogP contribution in [0.1, 0.15) is 0 Å². The van der Waals surface area contributed by atoms with E-state index >= 15 is 0 Å². The smallest absolute Gasteiger partial charge is 0.160 e. The van der Waals surface area contributed by atoms with Crippen molar-refractivity contribution in [3.8, 4) is 28.3 Å². The van der Waals surface area contributed by atoms with E-state index in [0.29, 0.717) is 5.82 Å². The molecule has 2 aromatic heterocycles. The fourth-order valence-corrected chi connectivity index (χ4v) is 9.13. The molecule has 3 heteroatoms. The van der Waals surface area contributed by atoms with Crippen LogP contribution in [-0.4, -0.2) is 14.5 Å². The van der Waals surface area contributed by atoms with Crippen LogP contribution in [0.4, 0.5) is 0 Å². The van der Waals surface area contributed by atoms with Crippen LogP contribution >= 0.6 is 0 Å². The topological polar surface area (TPSA) is 30.7 Å². The Balaban J connectivity index is 1.29. The lowest BCUT2D eigenvalue weighted by Crippen LogP contribution is -1.96. The van der Waals surface area contributed by atoms with Crippen molar-refractivity contribution in [2.24, 2.45) is 0 Å². The molecule has 0 spiro atoms. The highest BCUT2D eigenvalue weighted by Crippen LogP contribution is 2.48. The van der Waals surface area contributed by atoms with Crippen LogP contribution in [0.5, 0.6) is 0 Å². The van der Waals surface area contributed by atoms with Gasteiger partial charge < -0.3 is 4.57 Å². The summed E-state index contributed by atoms with van der Waals surface area (Å²) < 4.78 is 2.49. The summed E-state index contributed by atoms with van der Waals surface area (Å²) in [5.41, 5.74) is 7.41. The Labute approximate surface area is 316 Å². The van der Waals surface area contributed by atoms with Crippen LogP contribution in [0.3, 0.4) is 0 Å². The summed E-state index contributed by atoms with van der Waals surface area (Å²) in [6, 6.07) is 67.9. The highest BCUT2D eigenvalue weighted by molar-refractivity contribution is 6.42. The monoisotopic (exact) mass is 697 g/mol. The van der Waals surface area contributed by atoms with Crippen LogP contribution < -0.4 is 0 Å². The highest BCUT2D eigenvalue weighted by atomic mass is 15.0. The molecule has 0 unspecified atom stereocenters. The number of nitrogens with zero attached hydrogens (tertiary/aromatic N) is 3. The second-order valence-electron chi connectivity index (χ2n) is 14.5. The molecule has 0 radical (unpaired) electrons. The molecule has 0 aliphatic rings. The van der Waals surface area contributed by atoms with Crippen LogP contribution in [0.15, 0.2) is 188 Å². The van der Waals surface area contributed by atoms with Gasteiger partial charge in [0.25, 0.3) is 0 Å². The third-order valence-electron chi connectivity index (χ3n) is 11.5. The minimum Gasteiger partial charge on any atom is -0.309 e.